The second-order valence-electron chi connectivity index (χ2n) is 5.15. The smallest absolute Gasteiger partial charge is 0.275 e. The molecule has 2 heterocycles. The summed E-state index contributed by atoms with van der Waals surface area (Å²) in [6, 6.07) is 1.28. The minimum atomic E-state index is -0.703. The first-order chi connectivity index (χ1) is 9.27. The summed E-state index contributed by atoms with van der Waals surface area (Å²) in [6.45, 7) is 6.02. The van der Waals surface area contributed by atoms with E-state index in [1.165, 1.54) is 17.4 Å². The summed E-state index contributed by atoms with van der Waals surface area (Å²) in [6.07, 6.45) is 0. The Balaban J connectivity index is 2.11. The van der Waals surface area contributed by atoms with Crippen LogP contribution >= 0.6 is 11.3 Å². The number of nitrogens with zero attached hydrogens (tertiary/aromatic N) is 3. The SMILES string of the molecule is CC(C)(C)c1nnc(NC(=O)c2cc(C(N)=O)n[nH]2)s1. The molecule has 2 amide bonds. The average Bonchev–Trinajstić information content (AvgIpc) is 2.95. The van der Waals surface area contributed by atoms with Crippen LogP contribution in [0.2, 0.25) is 0 Å². The first-order valence-electron chi connectivity index (χ1n) is 5.78. The van der Waals surface area contributed by atoms with E-state index in [0.717, 1.165) is 5.01 Å². The number of aromatic nitrogens is 4. The van der Waals surface area contributed by atoms with Gasteiger partial charge in [-0.15, -0.1) is 10.2 Å². The van der Waals surface area contributed by atoms with Crippen LogP contribution in [0, 0.1) is 0 Å². The van der Waals surface area contributed by atoms with Crippen molar-refractivity contribution in [2.24, 2.45) is 5.73 Å². The molecule has 8 nitrogen and oxygen atoms in total. The minimum Gasteiger partial charge on any atom is -0.364 e. The highest BCUT2D eigenvalue weighted by molar-refractivity contribution is 7.15. The maximum Gasteiger partial charge on any atom is 0.275 e. The van der Waals surface area contributed by atoms with Crippen LogP contribution < -0.4 is 11.1 Å². The van der Waals surface area contributed by atoms with Crippen molar-refractivity contribution >= 4 is 28.3 Å². The molecule has 0 unspecified atom stereocenters. The molecule has 4 N–H and O–H groups in total. The Morgan fingerprint density at radius 2 is 2.05 bits per heavy atom. The molecule has 0 aliphatic carbocycles. The van der Waals surface area contributed by atoms with Crippen molar-refractivity contribution in [3.63, 3.8) is 0 Å². The predicted octanol–water partition coefficient (Wildman–Crippen LogP) is 0.910. The summed E-state index contributed by atoms with van der Waals surface area (Å²) in [4.78, 5) is 22.8. The summed E-state index contributed by atoms with van der Waals surface area (Å²) in [5.41, 5.74) is 5.06. The van der Waals surface area contributed by atoms with Crippen molar-refractivity contribution < 1.29 is 9.59 Å². The third-order valence-corrected chi connectivity index (χ3v) is 3.63. The number of anilines is 1. The maximum atomic E-state index is 11.9. The number of nitrogens with one attached hydrogen (secondary N) is 2. The Morgan fingerprint density at radius 1 is 1.35 bits per heavy atom. The van der Waals surface area contributed by atoms with E-state index in [-0.39, 0.29) is 16.8 Å². The molecule has 0 saturated carbocycles. The zero-order valence-corrected chi connectivity index (χ0v) is 12.0. The van der Waals surface area contributed by atoms with Gasteiger partial charge < -0.3 is 5.73 Å². The average molecular weight is 294 g/mol. The fourth-order valence-electron chi connectivity index (χ4n) is 1.31. The van der Waals surface area contributed by atoms with Gasteiger partial charge in [-0.25, -0.2) is 0 Å². The van der Waals surface area contributed by atoms with Gasteiger partial charge in [0.2, 0.25) is 5.13 Å². The first-order valence-corrected chi connectivity index (χ1v) is 6.59. The van der Waals surface area contributed by atoms with E-state index < -0.39 is 11.8 Å². The zero-order chi connectivity index (χ0) is 14.9. The highest BCUT2D eigenvalue weighted by Gasteiger charge is 2.21. The highest BCUT2D eigenvalue weighted by atomic mass is 32.1. The molecule has 0 saturated heterocycles. The van der Waals surface area contributed by atoms with Crippen molar-refractivity contribution in [2.75, 3.05) is 5.32 Å². The summed E-state index contributed by atoms with van der Waals surface area (Å²) in [5, 5.41) is 17.8. The van der Waals surface area contributed by atoms with Gasteiger partial charge in [0, 0.05) is 11.5 Å². The monoisotopic (exact) mass is 294 g/mol. The number of nitrogens with two attached hydrogens (primary N) is 1. The van der Waals surface area contributed by atoms with E-state index in [4.69, 9.17) is 5.73 Å². The van der Waals surface area contributed by atoms with E-state index in [2.05, 4.69) is 25.7 Å². The molecule has 0 aromatic carbocycles. The molecule has 2 rings (SSSR count). The van der Waals surface area contributed by atoms with Gasteiger partial charge in [0.25, 0.3) is 11.8 Å². The molecule has 0 aliphatic rings. The molecule has 0 aliphatic heterocycles. The van der Waals surface area contributed by atoms with Crippen LogP contribution in [0.25, 0.3) is 0 Å². The topological polar surface area (TPSA) is 127 Å². The Morgan fingerprint density at radius 3 is 2.55 bits per heavy atom. The van der Waals surface area contributed by atoms with Crippen LogP contribution in [-0.4, -0.2) is 32.2 Å². The Kier molecular flexibility index (Phi) is 3.53. The van der Waals surface area contributed by atoms with E-state index in [9.17, 15) is 9.59 Å². The van der Waals surface area contributed by atoms with Gasteiger partial charge in [-0.1, -0.05) is 32.1 Å². The number of hydrogen-bond acceptors (Lipinski definition) is 6. The lowest BCUT2D eigenvalue weighted by Gasteiger charge is -2.12. The van der Waals surface area contributed by atoms with Crippen LogP contribution in [-0.2, 0) is 5.41 Å². The van der Waals surface area contributed by atoms with E-state index in [1.54, 1.807) is 0 Å². The van der Waals surface area contributed by atoms with Crippen LogP contribution in [0.4, 0.5) is 5.13 Å². The van der Waals surface area contributed by atoms with Crippen LogP contribution in [0.5, 0.6) is 0 Å². The molecule has 0 atom stereocenters. The van der Waals surface area contributed by atoms with Crippen LogP contribution in [0.15, 0.2) is 6.07 Å². The number of carbonyl (C=O) groups excluding carboxylic acids is 2. The van der Waals surface area contributed by atoms with Crippen molar-refractivity contribution in [1.82, 2.24) is 20.4 Å². The molecule has 2 aromatic heterocycles. The second-order valence-corrected chi connectivity index (χ2v) is 6.13. The minimum absolute atomic E-state index is 0.00259. The molecule has 0 bridgehead atoms. The number of aromatic amines is 1. The summed E-state index contributed by atoms with van der Waals surface area (Å²) in [5.74, 6) is -1.16. The van der Waals surface area contributed by atoms with Gasteiger partial charge in [0.05, 0.1) is 0 Å². The third-order valence-electron chi connectivity index (χ3n) is 2.36. The van der Waals surface area contributed by atoms with Crippen molar-refractivity contribution in [3.05, 3.63) is 22.5 Å². The Hall–Kier alpha value is -2.29. The van der Waals surface area contributed by atoms with Crippen molar-refractivity contribution in [3.8, 4) is 0 Å². The van der Waals surface area contributed by atoms with Gasteiger partial charge >= 0.3 is 0 Å². The van der Waals surface area contributed by atoms with E-state index in [0.29, 0.717) is 5.13 Å². The largest absolute Gasteiger partial charge is 0.364 e. The van der Waals surface area contributed by atoms with Gasteiger partial charge in [0.15, 0.2) is 5.69 Å². The first kappa shape index (κ1) is 14.1. The Bertz CT molecular complexity index is 654. The van der Waals surface area contributed by atoms with Gasteiger partial charge in [-0.05, 0) is 0 Å². The lowest BCUT2D eigenvalue weighted by molar-refractivity contribution is 0.0994. The van der Waals surface area contributed by atoms with Crippen molar-refractivity contribution in [2.45, 2.75) is 26.2 Å². The number of hydrogen-bond donors (Lipinski definition) is 3. The van der Waals surface area contributed by atoms with Crippen LogP contribution in [0.1, 0.15) is 46.8 Å². The lowest BCUT2D eigenvalue weighted by atomic mass is 9.98. The standard InChI is InChI=1S/C11H14N6O2S/c1-11(2,3)9-16-17-10(20-9)13-8(19)6-4-5(7(12)18)14-15-6/h4H,1-3H3,(H2,12,18)(H,14,15)(H,13,17,19). The lowest BCUT2D eigenvalue weighted by Crippen LogP contribution is -2.12. The summed E-state index contributed by atoms with van der Waals surface area (Å²) < 4.78 is 0. The highest BCUT2D eigenvalue weighted by Crippen LogP contribution is 2.27. The summed E-state index contributed by atoms with van der Waals surface area (Å²) >= 11 is 1.30. The number of H-pyrrole nitrogens is 1. The number of amides is 2. The number of rotatable bonds is 3. The Labute approximate surface area is 118 Å². The van der Waals surface area contributed by atoms with Crippen molar-refractivity contribution in [1.29, 1.82) is 0 Å². The molecule has 2 aromatic rings. The van der Waals surface area contributed by atoms with Crippen LogP contribution in [0.3, 0.4) is 0 Å². The molecule has 0 fully saturated rings. The fourth-order valence-corrected chi connectivity index (χ4v) is 2.10. The molecule has 0 spiro atoms. The molecule has 106 valence electrons. The number of carbonyl (C=O) groups is 2. The molecular weight excluding hydrogens is 280 g/mol. The molecular formula is C11H14N6O2S. The quantitative estimate of drug-likeness (QED) is 0.775. The van der Waals surface area contributed by atoms with Gasteiger partial charge in [-0.2, -0.15) is 5.10 Å². The predicted molar refractivity (Wildman–Crippen MR) is 73.7 cm³/mol. The van der Waals surface area contributed by atoms with Gasteiger partial charge in [-0.3, -0.25) is 20.0 Å². The maximum absolute atomic E-state index is 11.9. The third kappa shape index (κ3) is 2.99. The summed E-state index contributed by atoms with van der Waals surface area (Å²) in [7, 11) is 0. The van der Waals surface area contributed by atoms with Gasteiger partial charge in [0.1, 0.15) is 10.7 Å². The normalized spacial score (nSPS) is 11.3. The second kappa shape index (κ2) is 5.00. The van der Waals surface area contributed by atoms with E-state index in [1.807, 2.05) is 20.8 Å². The fraction of sp³-hybridized carbons (Fsp3) is 0.364. The molecule has 9 heteroatoms. The molecule has 20 heavy (non-hydrogen) atoms. The molecule has 0 radical (unpaired) electrons. The number of primary amides is 1. The van der Waals surface area contributed by atoms with E-state index >= 15 is 0 Å². The zero-order valence-electron chi connectivity index (χ0n) is 11.2.